The van der Waals surface area contributed by atoms with Crippen molar-refractivity contribution in [3.63, 3.8) is 0 Å². The summed E-state index contributed by atoms with van der Waals surface area (Å²) in [4.78, 5) is 0. The summed E-state index contributed by atoms with van der Waals surface area (Å²) in [5.74, 6) is 0. The molecular weight excluding hydrogens is 291 g/mol. The number of rotatable bonds is 11. The molecule has 0 saturated heterocycles. The molecule has 2 unspecified atom stereocenters. The predicted molar refractivity (Wildman–Crippen MR) is 72.4 cm³/mol. The number of hydrogen-bond acceptors (Lipinski definition) is 4. The van der Waals surface area contributed by atoms with Gasteiger partial charge in [0, 0.05) is 5.25 Å². The molecule has 0 spiro atoms. The van der Waals surface area contributed by atoms with Crippen molar-refractivity contribution >= 4 is 10.1 Å². The summed E-state index contributed by atoms with van der Waals surface area (Å²) in [7, 11) is -4.15. The van der Waals surface area contributed by atoms with Gasteiger partial charge < -0.3 is 9.66 Å². The quantitative estimate of drug-likeness (QED) is 0.326. The standard InChI is InChI=1S/C13H28O4S.K/c1-3-5-6-9-12(14)10-7-8-11-13(4-2)18(15,16)17;/h12-14H,3-11H2,1-2H3,(H,15,16,17);/q;+1/p-1. The zero-order chi connectivity index (χ0) is 14.0. The predicted octanol–water partition coefficient (Wildman–Crippen LogP) is -0.184. The third-order valence-corrected chi connectivity index (χ3v) is 4.70. The maximum Gasteiger partial charge on any atom is 1.00 e. The Balaban J connectivity index is 0. The summed E-state index contributed by atoms with van der Waals surface area (Å²) < 4.78 is 32.6. The first-order chi connectivity index (χ1) is 8.41. The van der Waals surface area contributed by atoms with E-state index < -0.39 is 15.4 Å². The van der Waals surface area contributed by atoms with E-state index in [1.807, 2.05) is 0 Å². The summed E-state index contributed by atoms with van der Waals surface area (Å²) in [5, 5.41) is 8.92. The van der Waals surface area contributed by atoms with Gasteiger partial charge in [0.1, 0.15) is 0 Å². The first-order valence-corrected chi connectivity index (χ1v) is 8.51. The molecule has 19 heavy (non-hydrogen) atoms. The Morgan fingerprint density at radius 2 is 1.47 bits per heavy atom. The minimum absolute atomic E-state index is 0. The summed E-state index contributed by atoms with van der Waals surface area (Å²) in [6.07, 6.45) is 6.88. The Bertz CT molecular complexity index is 293. The van der Waals surface area contributed by atoms with Crippen molar-refractivity contribution in [3.8, 4) is 0 Å². The second-order valence-corrected chi connectivity index (χ2v) is 6.61. The normalized spacial score (nSPS) is 14.7. The van der Waals surface area contributed by atoms with Crippen LogP contribution >= 0.6 is 0 Å². The molecule has 6 heteroatoms. The summed E-state index contributed by atoms with van der Waals surface area (Å²) >= 11 is 0. The van der Waals surface area contributed by atoms with Crippen LogP contribution in [-0.4, -0.2) is 29.4 Å². The van der Waals surface area contributed by atoms with Crippen molar-refractivity contribution in [1.29, 1.82) is 0 Å². The average molecular weight is 319 g/mol. The molecule has 0 fully saturated rings. The summed E-state index contributed by atoms with van der Waals surface area (Å²) in [5.41, 5.74) is 0. The third kappa shape index (κ3) is 12.9. The number of unbranched alkanes of at least 4 members (excludes halogenated alkanes) is 3. The molecule has 110 valence electrons. The molecule has 0 aromatic heterocycles. The van der Waals surface area contributed by atoms with Crippen LogP contribution in [0.15, 0.2) is 0 Å². The second-order valence-electron chi connectivity index (χ2n) is 4.96. The molecular formula is C13H27KO4S. The topological polar surface area (TPSA) is 77.4 Å². The largest absolute Gasteiger partial charge is 1.00 e. The van der Waals surface area contributed by atoms with Crippen molar-refractivity contribution in [2.45, 2.75) is 83.0 Å². The molecule has 0 heterocycles. The van der Waals surface area contributed by atoms with Crippen LogP contribution in [0.1, 0.15) is 71.6 Å². The Morgan fingerprint density at radius 3 is 1.89 bits per heavy atom. The van der Waals surface area contributed by atoms with Crippen molar-refractivity contribution in [2.24, 2.45) is 0 Å². The van der Waals surface area contributed by atoms with Crippen molar-refractivity contribution in [2.75, 3.05) is 0 Å². The second kappa shape index (κ2) is 13.2. The van der Waals surface area contributed by atoms with E-state index in [-0.39, 0.29) is 57.5 Å². The number of aliphatic hydroxyl groups excluding tert-OH is 1. The molecule has 4 nitrogen and oxygen atoms in total. The molecule has 0 saturated carbocycles. The van der Waals surface area contributed by atoms with E-state index in [2.05, 4.69) is 6.92 Å². The van der Waals surface area contributed by atoms with Crippen LogP contribution < -0.4 is 51.4 Å². The van der Waals surface area contributed by atoms with Gasteiger partial charge in [-0.2, -0.15) is 0 Å². The van der Waals surface area contributed by atoms with Crippen molar-refractivity contribution in [3.05, 3.63) is 0 Å². The van der Waals surface area contributed by atoms with Gasteiger partial charge in [-0.3, -0.25) is 0 Å². The molecule has 0 aliphatic heterocycles. The molecule has 1 N–H and O–H groups in total. The van der Waals surface area contributed by atoms with Gasteiger partial charge in [0.15, 0.2) is 0 Å². The van der Waals surface area contributed by atoms with Crippen LogP contribution in [0.4, 0.5) is 0 Å². The minimum Gasteiger partial charge on any atom is -0.748 e. The SMILES string of the molecule is CCCCCC(O)CCCCC(CC)S(=O)(=O)[O-].[K+]. The molecule has 2 atom stereocenters. The monoisotopic (exact) mass is 318 g/mol. The molecule has 0 aliphatic rings. The number of hydrogen-bond donors (Lipinski definition) is 1. The molecule has 0 bridgehead atoms. The van der Waals surface area contributed by atoms with E-state index in [9.17, 15) is 18.1 Å². The molecule has 0 aromatic carbocycles. The van der Waals surface area contributed by atoms with E-state index >= 15 is 0 Å². The fourth-order valence-electron chi connectivity index (χ4n) is 2.08. The van der Waals surface area contributed by atoms with Crippen LogP contribution in [-0.2, 0) is 10.1 Å². The molecule has 0 aromatic rings. The third-order valence-electron chi connectivity index (χ3n) is 3.32. The van der Waals surface area contributed by atoms with Crippen LogP contribution in [0.3, 0.4) is 0 Å². The van der Waals surface area contributed by atoms with Crippen molar-refractivity contribution in [1.82, 2.24) is 0 Å². The van der Waals surface area contributed by atoms with Crippen LogP contribution in [0.5, 0.6) is 0 Å². The first kappa shape index (κ1) is 22.8. The fraction of sp³-hybridized carbons (Fsp3) is 1.00. The van der Waals surface area contributed by atoms with Gasteiger partial charge in [0.05, 0.1) is 16.2 Å². The Kier molecular flexibility index (Phi) is 15.8. The Labute approximate surface area is 160 Å². The van der Waals surface area contributed by atoms with Gasteiger partial charge in [0.25, 0.3) is 0 Å². The summed E-state index contributed by atoms with van der Waals surface area (Å²) in [6, 6.07) is 0. The smallest absolute Gasteiger partial charge is 0.748 e. The van der Waals surface area contributed by atoms with E-state index in [1.165, 1.54) is 0 Å². The maximum atomic E-state index is 10.9. The van der Waals surface area contributed by atoms with Crippen LogP contribution in [0.2, 0.25) is 0 Å². The Hall–Kier alpha value is 1.51. The number of aliphatic hydroxyl groups is 1. The van der Waals surface area contributed by atoms with E-state index in [4.69, 9.17) is 0 Å². The zero-order valence-corrected chi connectivity index (χ0v) is 16.5. The fourth-order valence-corrected chi connectivity index (χ4v) is 2.94. The Morgan fingerprint density at radius 1 is 1.00 bits per heavy atom. The molecule has 0 rings (SSSR count). The summed E-state index contributed by atoms with van der Waals surface area (Å²) in [6.45, 7) is 3.85. The van der Waals surface area contributed by atoms with Gasteiger partial charge in [-0.25, -0.2) is 8.42 Å². The molecule has 0 aliphatic carbocycles. The maximum absolute atomic E-state index is 10.9. The van der Waals surface area contributed by atoms with E-state index in [0.29, 0.717) is 25.7 Å². The van der Waals surface area contributed by atoms with Crippen LogP contribution in [0, 0.1) is 0 Å². The first-order valence-electron chi connectivity index (χ1n) is 7.04. The van der Waals surface area contributed by atoms with Gasteiger partial charge in [-0.15, -0.1) is 0 Å². The average Bonchev–Trinajstić information content (AvgIpc) is 2.27. The van der Waals surface area contributed by atoms with Gasteiger partial charge in [-0.1, -0.05) is 46.0 Å². The van der Waals surface area contributed by atoms with Crippen molar-refractivity contribution < 1.29 is 69.5 Å². The molecule has 0 amide bonds. The van der Waals surface area contributed by atoms with Gasteiger partial charge >= 0.3 is 51.4 Å². The van der Waals surface area contributed by atoms with E-state index in [0.717, 1.165) is 32.1 Å². The minimum atomic E-state index is -4.15. The molecule has 0 radical (unpaired) electrons. The van der Waals surface area contributed by atoms with Gasteiger partial charge in [0.2, 0.25) is 0 Å². The van der Waals surface area contributed by atoms with Gasteiger partial charge in [-0.05, 0) is 25.7 Å². The zero-order valence-electron chi connectivity index (χ0n) is 12.6. The van der Waals surface area contributed by atoms with E-state index in [1.54, 1.807) is 6.92 Å². The van der Waals surface area contributed by atoms with Crippen LogP contribution in [0.25, 0.3) is 0 Å².